The van der Waals surface area contributed by atoms with Crippen molar-refractivity contribution in [3.8, 4) is 6.07 Å². The summed E-state index contributed by atoms with van der Waals surface area (Å²) >= 11 is 3.31. The lowest BCUT2D eigenvalue weighted by Crippen LogP contribution is -2.08. The number of nitrogens with zero attached hydrogens (tertiary/aromatic N) is 1. The van der Waals surface area contributed by atoms with Gasteiger partial charge >= 0.3 is 5.97 Å². The Morgan fingerprint density at radius 2 is 2.19 bits per heavy atom. The smallest absolute Gasteiger partial charge is 0.307 e. The van der Waals surface area contributed by atoms with Gasteiger partial charge in [0, 0.05) is 5.33 Å². The Kier molecular flexibility index (Phi) is 4.51. The molecule has 1 aromatic rings. The van der Waals surface area contributed by atoms with Gasteiger partial charge in [-0.05, 0) is 29.2 Å². The number of halogens is 1. The van der Waals surface area contributed by atoms with Gasteiger partial charge in [0.15, 0.2) is 0 Å². The van der Waals surface area contributed by atoms with Crippen LogP contribution < -0.4 is 0 Å². The Morgan fingerprint density at radius 3 is 2.62 bits per heavy atom. The quantitative estimate of drug-likeness (QED) is 0.863. The highest BCUT2D eigenvalue weighted by Gasteiger charge is 2.14. The van der Waals surface area contributed by atoms with Crippen molar-refractivity contribution in [1.82, 2.24) is 0 Å². The predicted octanol–water partition coefficient (Wildman–Crippen LogP) is 2.64. The molecule has 0 spiro atoms. The van der Waals surface area contributed by atoms with Crippen molar-refractivity contribution in [1.29, 1.82) is 5.26 Å². The minimum atomic E-state index is -0.869. The number of rotatable bonds is 4. The van der Waals surface area contributed by atoms with Gasteiger partial charge in [0.2, 0.25) is 0 Å². The molecule has 16 heavy (non-hydrogen) atoms. The van der Waals surface area contributed by atoms with Gasteiger partial charge in [-0.2, -0.15) is 5.26 Å². The van der Waals surface area contributed by atoms with E-state index in [-0.39, 0.29) is 6.42 Å². The molecule has 0 saturated heterocycles. The lowest BCUT2D eigenvalue weighted by molar-refractivity contribution is -0.136. The number of carboxylic acid groups (broad SMARTS) is 1. The highest BCUT2D eigenvalue weighted by atomic mass is 79.9. The van der Waals surface area contributed by atoms with Crippen LogP contribution in [0.3, 0.4) is 0 Å². The highest BCUT2D eigenvalue weighted by Crippen LogP contribution is 2.23. The van der Waals surface area contributed by atoms with E-state index in [0.717, 1.165) is 23.1 Å². The van der Waals surface area contributed by atoms with Gasteiger partial charge in [-0.15, -0.1) is 0 Å². The average molecular weight is 282 g/mol. The predicted molar refractivity (Wildman–Crippen MR) is 64.5 cm³/mol. The van der Waals surface area contributed by atoms with E-state index in [4.69, 9.17) is 10.4 Å². The largest absolute Gasteiger partial charge is 0.481 e. The molecule has 0 bridgehead atoms. The van der Waals surface area contributed by atoms with Gasteiger partial charge in [0.1, 0.15) is 0 Å². The molecule has 0 aliphatic heterocycles. The van der Waals surface area contributed by atoms with Gasteiger partial charge in [0.25, 0.3) is 0 Å². The van der Waals surface area contributed by atoms with E-state index in [9.17, 15) is 4.79 Å². The van der Waals surface area contributed by atoms with Gasteiger partial charge in [-0.25, -0.2) is 0 Å². The summed E-state index contributed by atoms with van der Waals surface area (Å²) in [4.78, 5) is 10.8. The number of carboxylic acids is 1. The maximum absolute atomic E-state index is 10.8. The highest BCUT2D eigenvalue weighted by molar-refractivity contribution is 9.08. The molecule has 1 aromatic carbocycles. The van der Waals surface area contributed by atoms with E-state index in [2.05, 4.69) is 22.0 Å². The van der Waals surface area contributed by atoms with Crippen molar-refractivity contribution in [2.45, 2.75) is 25.1 Å². The molecule has 0 amide bonds. The number of carbonyl (C=O) groups is 1. The molecule has 4 heteroatoms. The second kappa shape index (κ2) is 5.66. The van der Waals surface area contributed by atoms with Gasteiger partial charge in [0.05, 0.1) is 18.1 Å². The molecule has 0 aliphatic rings. The molecule has 1 N–H and O–H groups in total. The zero-order chi connectivity index (χ0) is 12.1. The van der Waals surface area contributed by atoms with Gasteiger partial charge in [-0.1, -0.05) is 28.9 Å². The van der Waals surface area contributed by atoms with Crippen LogP contribution in [0.25, 0.3) is 0 Å². The molecule has 0 unspecified atom stereocenters. The Morgan fingerprint density at radius 1 is 1.50 bits per heavy atom. The van der Waals surface area contributed by atoms with Crippen LogP contribution in [0.5, 0.6) is 0 Å². The van der Waals surface area contributed by atoms with E-state index >= 15 is 0 Å². The first-order chi connectivity index (χ1) is 7.63. The lowest BCUT2D eigenvalue weighted by Gasteiger charge is -2.12. The summed E-state index contributed by atoms with van der Waals surface area (Å²) in [5.74, 6) is -0.869. The first kappa shape index (κ1) is 12.7. The van der Waals surface area contributed by atoms with Crippen LogP contribution in [0.2, 0.25) is 0 Å². The van der Waals surface area contributed by atoms with Crippen LogP contribution in [0.15, 0.2) is 12.1 Å². The minimum Gasteiger partial charge on any atom is -0.481 e. The topological polar surface area (TPSA) is 61.1 Å². The van der Waals surface area contributed by atoms with Crippen LogP contribution >= 0.6 is 15.9 Å². The number of alkyl halides is 1. The SMILES string of the molecule is CCc1ccc(C#N)c(CBr)c1CC(=O)O. The summed E-state index contributed by atoms with van der Waals surface area (Å²) in [5, 5.41) is 18.3. The molecule has 0 heterocycles. The van der Waals surface area contributed by atoms with Gasteiger partial charge < -0.3 is 5.11 Å². The normalized spacial score (nSPS) is 9.81. The Bertz CT molecular complexity index is 449. The summed E-state index contributed by atoms with van der Waals surface area (Å²) in [6.45, 7) is 1.98. The molecule has 0 aliphatic carbocycles. The molecule has 0 radical (unpaired) electrons. The fourth-order valence-corrected chi connectivity index (χ4v) is 2.34. The van der Waals surface area contributed by atoms with Crippen LogP contribution in [0.1, 0.15) is 29.2 Å². The molecule has 0 aromatic heterocycles. The molecule has 84 valence electrons. The molecule has 3 nitrogen and oxygen atoms in total. The fraction of sp³-hybridized carbons (Fsp3) is 0.333. The summed E-state index contributed by atoms with van der Waals surface area (Å²) in [7, 11) is 0. The third-order valence-electron chi connectivity index (χ3n) is 2.49. The lowest BCUT2D eigenvalue weighted by atomic mass is 9.94. The van der Waals surface area contributed by atoms with E-state index < -0.39 is 5.97 Å². The third-order valence-corrected chi connectivity index (χ3v) is 3.05. The molecule has 1 rings (SSSR count). The zero-order valence-electron chi connectivity index (χ0n) is 8.96. The molecule has 0 atom stereocenters. The van der Waals surface area contributed by atoms with Crippen molar-refractivity contribution < 1.29 is 9.90 Å². The maximum atomic E-state index is 10.8. The Hall–Kier alpha value is -1.34. The molecule has 0 saturated carbocycles. The second-order valence-electron chi connectivity index (χ2n) is 3.40. The summed E-state index contributed by atoms with van der Waals surface area (Å²) in [5.41, 5.74) is 3.11. The Labute approximate surface area is 103 Å². The van der Waals surface area contributed by atoms with E-state index in [1.165, 1.54) is 0 Å². The third kappa shape index (κ3) is 2.61. The number of aryl methyl sites for hydroxylation is 1. The molecular weight excluding hydrogens is 270 g/mol. The Balaban J connectivity index is 3.37. The summed E-state index contributed by atoms with van der Waals surface area (Å²) in [6.07, 6.45) is 0.744. The monoisotopic (exact) mass is 281 g/mol. The zero-order valence-corrected chi connectivity index (χ0v) is 10.5. The van der Waals surface area contributed by atoms with Crippen LogP contribution in [-0.2, 0) is 23.0 Å². The number of aliphatic carboxylic acids is 1. The van der Waals surface area contributed by atoms with Crippen molar-refractivity contribution in [3.63, 3.8) is 0 Å². The van der Waals surface area contributed by atoms with Crippen molar-refractivity contribution in [3.05, 3.63) is 34.4 Å². The van der Waals surface area contributed by atoms with E-state index in [0.29, 0.717) is 10.9 Å². The van der Waals surface area contributed by atoms with Crippen molar-refractivity contribution >= 4 is 21.9 Å². The number of nitriles is 1. The van der Waals surface area contributed by atoms with Crippen molar-refractivity contribution in [2.75, 3.05) is 0 Å². The van der Waals surface area contributed by atoms with Crippen LogP contribution in [-0.4, -0.2) is 11.1 Å². The first-order valence-electron chi connectivity index (χ1n) is 4.95. The second-order valence-corrected chi connectivity index (χ2v) is 3.96. The minimum absolute atomic E-state index is 0.0281. The van der Waals surface area contributed by atoms with E-state index in [1.807, 2.05) is 13.0 Å². The van der Waals surface area contributed by atoms with Crippen LogP contribution in [0.4, 0.5) is 0 Å². The van der Waals surface area contributed by atoms with Crippen molar-refractivity contribution in [2.24, 2.45) is 0 Å². The van der Waals surface area contributed by atoms with Gasteiger partial charge in [-0.3, -0.25) is 4.79 Å². The summed E-state index contributed by atoms with van der Waals surface area (Å²) in [6, 6.07) is 5.68. The van der Waals surface area contributed by atoms with E-state index in [1.54, 1.807) is 6.07 Å². The first-order valence-corrected chi connectivity index (χ1v) is 6.07. The number of hydrogen-bond donors (Lipinski definition) is 1. The van der Waals surface area contributed by atoms with Crippen LogP contribution in [0, 0.1) is 11.3 Å². The molecular formula is C12H12BrNO2. The molecule has 0 fully saturated rings. The number of hydrogen-bond acceptors (Lipinski definition) is 2. The fourth-order valence-electron chi connectivity index (χ4n) is 1.70. The average Bonchev–Trinajstić information content (AvgIpc) is 2.27. The standard InChI is InChI=1S/C12H12BrNO2/c1-2-8-3-4-9(7-14)11(6-13)10(8)5-12(15)16/h3-4H,2,5-6H2,1H3,(H,15,16). The maximum Gasteiger partial charge on any atom is 0.307 e. The number of benzene rings is 1. The summed E-state index contributed by atoms with van der Waals surface area (Å²) < 4.78 is 0.